The molecule has 0 unspecified atom stereocenters. The number of hydrogen-bond acceptors (Lipinski definition) is 4. The highest BCUT2D eigenvalue weighted by atomic mass is 79.9. The van der Waals surface area contributed by atoms with Crippen LogP contribution in [-0.4, -0.2) is 13.4 Å². The number of sulfonamides is 1. The summed E-state index contributed by atoms with van der Waals surface area (Å²) >= 11 is 6.80. The Morgan fingerprint density at radius 1 is 1.19 bits per heavy atom. The van der Waals surface area contributed by atoms with Crippen molar-refractivity contribution in [2.24, 2.45) is 5.14 Å². The van der Waals surface area contributed by atoms with Crippen LogP contribution in [0.3, 0.4) is 0 Å². The van der Waals surface area contributed by atoms with Gasteiger partial charge in [-0.25, -0.2) is 13.6 Å². The van der Waals surface area contributed by atoms with Crippen molar-refractivity contribution in [3.63, 3.8) is 0 Å². The quantitative estimate of drug-likeness (QED) is 0.757. The van der Waals surface area contributed by atoms with Crippen molar-refractivity contribution in [2.75, 3.05) is 5.32 Å². The fraction of sp³-hybridized carbons (Fsp3) is 0.154. The minimum absolute atomic E-state index is 0.160. The summed E-state index contributed by atoms with van der Waals surface area (Å²) in [6.07, 6.45) is 1.73. The second-order valence-electron chi connectivity index (χ2n) is 4.44. The predicted octanol–water partition coefficient (Wildman–Crippen LogP) is 3.01. The average Bonchev–Trinajstić information content (AvgIpc) is 2.38. The molecule has 1 aromatic heterocycles. The largest absolute Gasteiger partial charge is 0.379 e. The molecule has 0 aliphatic carbocycles. The lowest BCUT2D eigenvalue weighted by Gasteiger charge is -2.08. The van der Waals surface area contributed by atoms with E-state index in [1.165, 1.54) is 0 Å². The Labute approximate surface area is 140 Å². The number of nitrogens with one attached hydrogen (secondary N) is 1. The Bertz CT molecular complexity index is 734. The molecule has 0 saturated heterocycles. The molecule has 112 valence electrons. The monoisotopic (exact) mass is 433 g/mol. The first-order valence-corrected chi connectivity index (χ1v) is 9.27. The van der Waals surface area contributed by atoms with E-state index < -0.39 is 10.0 Å². The maximum absolute atomic E-state index is 11.0. The lowest BCUT2D eigenvalue weighted by Crippen LogP contribution is -2.14. The molecule has 0 aliphatic heterocycles. The third kappa shape index (κ3) is 5.39. The van der Waals surface area contributed by atoms with Crippen LogP contribution in [0, 0.1) is 0 Å². The number of hydrogen-bond donors (Lipinski definition) is 2. The summed E-state index contributed by atoms with van der Waals surface area (Å²) in [7, 11) is -3.50. The van der Waals surface area contributed by atoms with Crippen molar-refractivity contribution >= 4 is 47.6 Å². The van der Waals surface area contributed by atoms with Gasteiger partial charge in [0, 0.05) is 20.8 Å². The topological polar surface area (TPSA) is 85.1 Å². The van der Waals surface area contributed by atoms with Gasteiger partial charge in [0.15, 0.2) is 0 Å². The van der Waals surface area contributed by atoms with Crippen molar-refractivity contribution in [2.45, 2.75) is 12.3 Å². The van der Waals surface area contributed by atoms with Crippen LogP contribution in [0.5, 0.6) is 0 Å². The second-order valence-corrected chi connectivity index (χ2v) is 7.82. The molecule has 2 rings (SSSR count). The van der Waals surface area contributed by atoms with Crippen molar-refractivity contribution in [3.05, 3.63) is 56.7 Å². The summed E-state index contributed by atoms with van der Waals surface area (Å²) < 4.78 is 23.8. The maximum atomic E-state index is 11.0. The van der Waals surface area contributed by atoms with E-state index in [-0.39, 0.29) is 5.75 Å². The fourth-order valence-electron chi connectivity index (χ4n) is 1.71. The minimum Gasteiger partial charge on any atom is -0.379 e. The smallest absolute Gasteiger partial charge is 0.213 e. The van der Waals surface area contributed by atoms with Crippen molar-refractivity contribution in [3.8, 4) is 0 Å². The highest BCUT2D eigenvalue weighted by Gasteiger charge is 2.05. The van der Waals surface area contributed by atoms with Crippen LogP contribution in [0.2, 0.25) is 0 Å². The van der Waals surface area contributed by atoms with E-state index in [0.717, 1.165) is 20.3 Å². The highest BCUT2D eigenvalue weighted by Crippen LogP contribution is 2.20. The van der Waals surface area contributed by atoms with E-state index in [0.29, 0.717) is 12.1 Å². The lowest BCUT2D eigenvalue weighted by molar-refractivity contribution is 0.597. The Hall–Kier alpha value is -0.960. The van der Waals surface area contributed by atoms with E-state index in [4.69, 9.17) is 5.14 Å². The molecule has 1 aromatic carbocycles. The zero-order valence-electron chi connectivity index (χ0n) is 10.9. The first kappa shape index (κ1) is 16.4. The number of nitrogens with zero attached hydrogens (tertiary/aromatic N) is 1. The van der Waals surface area contributed by atoms with Gasteiger partial charge in [-0.1, -0.05) is 12.1 Å². The van der Waals surface area contributed by atoms with Crippen LogP contribution in [-0.2, 0) is 22.3 Å². The van der Waals surface area contributed by atoms with Gasteiger partial charge < -0.3 is 5.32 Å². The van der Waals surface area contributed by atoms with Crippen molar-refractivity contribution in [1.82, 2.24) is 4.98 Å². The Morgan fingerprint density at radius 3 is 2.43 bits per heavy atom. The molecule has 21 heavy (non-hydrogen) atoms. The van der Waals surface area contributed by atoms with Gasteiger partial charge in [-0.15, -0.1) is 0 Å². The van der Waals surface area contributed by atoms with Gasteiger partial charge in [-0.3, -0.25) is 4.98 Å². The van der Waals surface area contributed by atoms with E-state index in [9.17, 15) is 8.42 Å². The number of halogens is 2. The molecule has 0 fully saturated rings. The van der Waals surface area contributed by atoms with E-state index in [1.807, 2.05) is 18.2 Å². The van der Waals surface area contributed by atoms with Gasteiger partial charge in [0.05, 0.1) is 18.0 Å². The third-order valence-corrected chi connectivity index (χ3v) is 4.52. The van der Waals surface area contributed by atoms with Gasteiger partial charge in [-0.05, 0) is 55.6 Å². The number of pyridine rings is 1. The minimum atomic E-state index is -3.50. The summed E-state index contributed by atoms with van der Waals surface area (Å²) in [5.41, 5.74) is 2.42. The van der Waals surface area contributed by atoms with Crippen LogP contribution in [0.15, 0.2) is 45.5 Å². The molecule has 2 aromatic rings. The first-order valence-electron chi connectivity index (χ1n) is 5.97. The van der Waals surface area contributed by atoms with Crippen LogP contribution in [0.25, 0.3) is 0 Å². The summed E-state index contributed by atoms with van der Waals surface area (Å²) in [6.45, 7) is 0.558. The van der Waals surface area contributed by atoms with E-state index in [2.05, 4.69) is 42.2 Å². The lowest BCUT2D eigenvalue weighted by atomic mass is 10.2. The van der Waals surface area contributed by atoms with Gasteiger partial charge in [-0.2, -0.15) is 0 Å². The SMILES string of the molecule is NS(=O)(=O)Cc1ccc(NCc2ncc(Br)cc2Br)cc1. The fourth-order valence-corrected chi connectivity index (χ4v) is 3.49. The molecule has 1 heterocycles. The van der Waals surface area contributed by atoms with Crippen LogP contribution >= 0.6 is 31.9 Å². The highest BCUT2D eigenvalue weighted by molar-refractivity contribution is 9.11. The molecule has 0 atom stereocenters. The summed E-state index contributed by atoms with van der Waals surface area (Å²) in [6, 6.07) is 9.02. The molecule has 0 bridgehead atoms. The molecule has 0 spiro atoms. The molecular formula is C13H13Br2N3O2S. The van der Waals surface area contributed by atoms with Crippen molar-refractivity contribution in [1.29, 1.82) is 0 Å². The molecule has 0 amide bonds. The molecule has 8 heteroatoms. The Kier molecular flexibility index (Phi) is 5.37. The van der Waals surface area contributed by atoms with Gasteiger partial charge in [0.25, 0.3) is 0 Å². The van der Waals surface area contributed by atoms with Crippen LogP contribution in [0.1, 0.15) is 11.3 Å². The zero-order valence-corrected chi connectivity index (χ0v) is 14.9. The average molecular weight is 435 g/mol. The van der Waals surface area contributed by atoms with E-state index in [1.54, 1.807) is 18.3 Å². The van der Waals surface area contributed by atoms with Crippen LogP contribution < -0.4 is 10.5 Å². The summed E-state index contributed by atoms with van der Waals surface area (Å²) in [4.78, 5) is 4.31. The molecule has 5 nitrogen and oxygen atoms in total. The first-order chi connectivity index (χ1) is 9.83. The Balaban J connectivity index is 2.00. The second kappa shape index (κ2) is 6.87. The molecular weight excluding hydrogens is 422 g/mol. The number of anilines is 1. The van der Waals surface area contributed by atoms with E-state index >= 15 is 0 Å². The normalized spacial score (nSPS) is 11.4. The zero-order chi connectivity index (χ0) is 15.5. The standard InChI is InChI=1S/C13H13Br2N3O2S/c14-10-5-12(15)13(18-6-10)7-17-11-3-1-9(2-4-11)8-21(16,19)20/h1-6,17H,7-8H2,(H2,16,19,20). The molecule has 0 aliphatic rings. The van der Waals surface area contributed by atoms with Gasteiger partial charge in [0.2, 0.25) is 10.0 Å². The van der Waals surface area contributed by atoms with Crippen molar-refractivity contribution < 1.29 is 8.42 Å². The number of rotatable bonds is 5. The molecule has 0 saturated carbocycles. The number of benzene rings is 1. The van der Waals surface area contributed by atoms with Gasteiger partial charge >= 0.3 is 0 Å². The predicted molar refractivity (Wildman–Crippen MR) is 90.2 cm³/mol. The van der Waals surface area contributed by atoms with Gasteiger partial charge in [0.1, 0.15) is 0 Å². The third-order valence-electron chi connectivity index (χ3n) is 2.67. The van der Waals surface area contributed by atoms with Crippen LogP contribution in [0.4, 0.5) is 5.69 Å². The Morgan fingerprint density at radius 2 is 1.86 bits per heavy atom. The molecule has 3 N–H and O–H groups in total. The maximum Gasteiger partial charge on any atom is 0.213 e. The molecule has 0 radical (unpaired) electrons. The number of nitrogens with two attached hydrogens (primary N) is 1. The number of primary sulfonamides is 1. The summed E-state index contributed by atoms with van der Waals surface area (Å²) in [5, 5.41) is 8.23. The summed E-state index contributed by atoms with van der Waals surface area (Å²) in [5.74, 6) is -0.160. The number of aromatic nitrogens is 1.